The molecule has 2 aromatic carbocycles. The van der Waals surface area contributed by atoms with Crippen LogP contribution in [-0.4, -0.2) is 43.9 Å². The van der Waals surface area contributed by atoms with E-state index in [1.54, 1.807) is 18.2 Å². The standard InChI is InChI=1S/C18H19F2N3O2/c1-23(2)9-8-21-17(24)12-4-3-5-14(10-12)22-18(25)13-6-7-15(19)16(20)11-13/h3-7,10-11H,8-9H2,1-2H3,(H,21,24)(H,22,25). The lowest BCUT2D eigenvalue weighted by atomic mass is 10.1. The molecule has 0 spiro atoms. The zero-order chi connectivity index (χ0) is 18.4. The van der Waals surface area contributed by atoms with Crippen LogP contribution in [0.2, 0.25) is 0 Å². The van der Waals surface area contributed by atoms with Crippen molar-refractivity contribution in [1.82, 2.24) is 10.2 Å². The van der Waals surface area contributed by atoms with E-state index in [2.05, 4.69) is 10.6 Å². The molecular weight excluding hydrogens is 328 g/mol. The van der Waals surface area contributed by atoms with Crippen LogP contribution in [0.4, 0.5) is 14.5 Å². The zero-order valence-electron chi connectivity index (χ0n) is 14.0. The second kappa shape index (κ2) is 8.34. The van der Waals surface area contributed by atoms with Crippen molar-refractivity contribution in [1.29, 1.82) is 0 Å². The third kappa shape index (κ3) is 5.36. The van der Waals surface area contributed by atoms with Crippen LogP contribution in [0.15, 0.2) is 42.5 Å². The van der Waals surface area contributed by atoms with Gasteiger partial charge in [-0.2, -0.15) is 0 Å². The van der Waals surface area contributed by atoms with Crippen molar-refractivity contribution in [2.45, 2.75) is 0 Å². The lowest BCUT2D eigenvalue weighted by molar-refractivity contribution is 0.0949. The van der Waals surface area contributed by atoms with E-state index in [4.69, 9.17) is 0 Å². The van der Waals surface area contributed by atoms with Gasteiger partial charge >= 0.3 is 0 Å². The van der Waals surface area contributed by atoms with Crippen molar-refractivity contribution in [3.05, 3.63) is 65.2 Å². The van der Waals surface area contributed by atoms with Crippen LogP contribution >= 0.6 is 0 Å². The number of rotatable bonds is 6. The summed E-state index contributed by atoms with van der Waals surface area (Å²) in [6.07, 6.45) is 0. The Morgan fingerprint density at radius 1 is 0.960 bits per heavy atom. The molecule has 0 atom stereocenters. The van der Waals surface area contributed by atoms with Gasteiger partial charge in [0.15, 0.2) is 11.6 Å². The Morgan fingerprint density at radius 3 is 2.36 bits per heavy atom. The highest BCUT2D eigenvalue weighted by Crippen LogP contribution is 2.14. The topological polar surface area (TPSA) is 61.4 Å². The Balaban J connectivity index is 2.04. The SMILES string of the molecule is CN(C)CCNC(=O)c1cccc(NC(=O)c2ccc(F)c(F)c2)c1. The summed E-state index contributed by atoms with van der Waals surface area (Å²) in [4.78, 5) is 26.1. The monoisotopic (exact) mass is 347 g/mol. The first kappa shape index (κ1) is 18.5. The third-order valence-corrected chi connectivity index (χ3v) is 3.41. The maximum Gasteiger partial charge on any atom is 0.255 e. The van der Waals surface area contributed by atoms with Crippen molar-refractivity contribution in [2.24, 2.45) is 0 Å². The Morgan fingerprint density at radius 2 is 1.68 bits per heavy atom. The number of halogens is 2. The second-order valence-corrected chi connectivity index (χ2v) is 5.72. The molecule has 0 aliphatic rings. The Hall–Kier alpha value is -2.80. The fourth-order valence-corrected chi connectivity index (χ4v) is 2.07. The van der Waals surface area contributed by atoms with Crippen molar-refractivity contribution in [3.63, 3.8) is 0 Å². The summed E-state index contributed by atoms with van der Waals surface area (Å²) in [5, 5.41) is 5.33. The first-order chi connectivity index (χ1) is 11.9. The van der Waals surface area contributed by atoms with Crippen molar-refractivity contribution in [3.8, 4) is 0 Å². The molecule has 0 unspecified atom stereocenters. The maximum atomic E-state index is 13.2. The van der Waals surface area contributed by atoms with E-state index in [0.717, 1.165) is 12.1 Å². The highest BCUT2D eigenvalue weighted by Gasteiger charge is 2.11. The number of hydrogen-bond acceptors (Lipinski definition) is 3. The van der Waals surface area contributed by atoms with E-state index >= 15 is 0 Å². The van der Waals surface area contributed by atoms with Gasteiger partial charge in [0.1, 0.15) is 0 Å². The van der Waals surface area contributed by atoms with Crippen LogP contribution in [-0.2, 0) is 0 Å². The quantitative estimate of drug-likeness (QED) is 0.844. The van der Waals surface area contributed by atoms with Gasteiger partial charge < -0.3 is 15.5 Å². The molecule has 0 aliphatic carbocycles. The number of benzene rings is 2. The molecule has 0 aromatic heterocycles. The molecule has 25 heavy (non-hydrogen) atoms. The summed E-state index contributed by atoms with van der Waals surface area (Å²) < 4.78 is 26.1. The lowest BCUT2D eigenvalue weighted by Gasteiger charge is -2.11. The fraction of sp³-hybridized carbons (Fsp3) is 0.222. The fourth-order valence-electron chi connectivity index (χ4n) is 2.07. The summed E-state index contributed by atoms with van der Waals surface area (Å²) in [6, 6.07) is 9.27. The summed E-state index contributed by atoms with van der Waals surface area (Å²) in [5.74, 6) is -2.97. The number of carbonyl (C=O) groups excluding carboxylic acids is 2. The Bertz CT molecular complexity index is 779. The number of likely N-dealkylation sites (N-methyl/N-ethyl adjacent to an activating group) is 1. The number of nitrogens with one attached hydrogen (secondary N) is 2. The van der Waals surface area contributed by atoms with Crippen molar-refractivity contribution >= 4 is 17.5 Å². The largest absolute Gasteiger partial charge is 0.351 e. The second-order valence-electron chi connectivity index (χ2n) is 5.72. The van der Waals surface area contributed by atoms with Crippen LogP contribution in [0.3, 0.4) is 0 Å². The summed E-state index contributed by atoms with van der Waals surface area (Å²) in [6.45, 7) is 1.20. The summed E-state index contributed by atoms with van der Waals surface area (Å²) >= 11 is 0. The van der Waals surface area contributed by atoms with E-state index < -0.39 is 17.5 Å². The highest BCUT2D eigenvalue weighted by atomic mass is 19.2. The molecule has 2 amide bonds. The van der Waals surface area contributed by atoms with Crippen LogP contribution in [0, 0.1) is 11.6 Å². The van der Waals surface area contributed by atoms with Gasteiger partial charge in [-0.3, -0.25) is 9.59 Å². The molecule has 0 fully saturated rings. The zero-order valence-corrected chi connectivity index (χ0v) is 14.0. The number of hydrogen-bond donors (Lipinski definition) is 2. The molecular formula is C18H19F2N3O2. The first-order valence-electron chi connectivity index (χ1n) is 7.66. The summed E-state index contributed by atoms with van der Waals surface area (Å²) in [7, 11) is 3.81. The minimum atomic E-state index is -1.10. The van der Waals surface area contributed by atoms with Gasteiger partial charge in [0.25, 0.3) is 11.8 Å². The molecule has 7 heteroatoms. The molecule has 5 nitrogen and oxygen atoms in total. The van der Waals surface area contributed by atoms with Crippen LogP contribution in [0.1, 0.15) is 20.7 Å². The van der Waals surface area contributed by atoms with E-state index in [1.165, 1.54) is 12.1 Å². The molecule has 0 saturated heterocycles. The highest BCUT2D eigenvalue weighted by molar-refractivity contribution is 6.05. The average molecular weight is 347 g/mol. The summed E-state index contributed by atoms with van der Waals surface area (Å²) in [5.41, 5.74) is 0.761. The van der Waals surface area contributed by atoms with Gasteiger partial charge in [0.05, 0.1) is 0 Å². The van der Waals surface area contributed by atoms with E-state index in [-0.39, 0.29) is 11.5 Å². The maximum absolute atomic E-state index is 13.2. The van der Waals surface area contributed by atoms with Crippen molar-refractivity contribution in [2.75, 3.05) is 32.5 Å². The van der Waals surface area contributed by atoms with Gasteiger partial charge in [-0.1, -0.05) is 6.07 Å². The normalized spacial score (nSPS) is 10.6. The molecule has 2 N–H and O–H groups in total. The predicted molar refractivity (Wildman–Crippen MR) is 91.6 cm³/mol. The molecule has 0 saturated carbocycles. The van der Waals surface area contributed by atoms with E-state index in [0.29, 0.717) is 24.3 Å². The van der Waals surface area contributed by atoms with Crippen LogP contribution in [0.25, 0.3) is 0 Å². The third-order valence-electron chi connectivity index (χ3n) is 3.41. The first-order valence-corrected chi connectivity index (χ1v) is 7.66. The van der Waals surface area contributed by atoms with Gasteiger partial charge in [-0.05, 0) is 50.5 Å². The van der Waals surface area contributed by atoms with Crippen molar-refractivity contribution < 1.29 is 18.4 Å². The molecule has 0 heterocycles. The number of carbonyl (C=O) groups is 2. The van der Waals surface area contributed by atoms with Crippen LogP contribution < -0.4 is 10.6 Å². The minimum absolute atomic E-state index is 0.0141. The number of anilines is 1. The minimum Gasteiger partial charge on any atom is -0.351 e. The number of nitrogens with zero attached hydrogens (tertiary/aromatic N) is 1. The smallest absolute Gasteiger partial charge is 0.255 e. The molecule has 0 bridgehead atoms. The van der Waals surface area contributed by atoms with Crippen LogP contribution in [0.5, 0.6) is 0 Å². The number of amides is 2. The van der Waals surface area contributed by atoms with Gasteiger partial charge in [-0.15, -0.1) is 0 Å². The lowest BCUT2D eigenvalue weighted by Crippen LogP contribution is -2.31. The van der Waals surface area contributed by atoms with Gasteiger partial charge in [0.2, 0.25) is 0 Å². The predicted octanol–water partition coefficient (Wildman–Crippen LogP) is 2.51. The van der Waals surface area contributed by atoms with Gasteiger partial charge in [0, 0.05) is 29.9 Å². The molecule has 2 rings (SSSR count). The van der Waals surface area contributed by atoms with Gasteiger partial charge in [-0.25, -0.2) is 8.78 Å². The Labute approximate surface area is 144 Å². The molecule has 132 valence electrons. The molecule has 2 aromatic rings. The van der Waals surface area contributed by atoms with E-state index in [1.807, 2.05) is 19.0 Å². The molecule has 0 radical (unpaired) electrons. The Kier molecular flexibility index (Phi) is 6.19. The average Bonchev–Trinajstić information content (AvgIpc) is 2.57. The van der Waals surface area contributed by atoms with E-state index in [9.17, 15) is 18.4 Å². The molecule has 0 aliphatic heterocycles.